The zero-order valence-electron chi connectivity index (χ0n) is 13.3. The van der Waals surface area contributed by atoms with E-state index in [9.17, 15) is 14.0 Å². The highest BCUT2D eigenvalue weighted by atomic mass is 19.1. The van der Waals surface area contributed by atoms with E-state index in [1.807, 2.05) is 0 Å². The number of carbonyl (C=O) groups is 2. The van der Waals surface area contributed by atoms with Gasteiger partial charge >= 0.3 is 0 Å². The minimum absolute atomic E-state index is 0.0599. The number of hydrogen-bond donors (Lipinski definition) is 1. The van der Waals surface area contributed by atoms with E-state index in [1.165, 1.54) is 12.1 Å². The Morgan fingerprint density at radius 1 is 1.33 bits per heavy atom. The molecule has 3 rings (SSSR count). The second-order valence-electron chi connectivity index (χ2n) is 6.30. The van der Waals surface area contributed by atoms with Gasteiger partial charge in [0.05, 0.1) is 11.6 Å². The maximum Gasteiger partial charge on any atom is 0.226 e. The van der Waals surface area contributed by atoms with Crippen LogP contribution < -0.4 is 5.73 Å². The molecule has 2 N–H and O–H groups in total. The third-order valence-electron chi connectivity index (χ3n) is 4.26. The average molecular weight is 331 g/mol. The summed E-state index contributed by atoms with van der Waals surface area (Å²) in [4.78, 5) is 29.1. The predicted octanol–water partition coefficient (Wildman–Crippen LogP) is 1.75. The Hall–Kier alpha value is -2.70. The standard InChI is InChI=1S/C17H18FN3O3/c1-17(16(19)23)9-21(10-17)15(22)7-6-14-20-8-13(24-14)11-2-4-12(18)5-3-11/h2-5,8H,6-7,9-10H2,1H3,(H2,19,23). The zero-order valence-corrected chi connectivity index (χ0v) is 13.3. The van der Waals surface area contributed by atoms with Crippen LogP contribution in [0.2, 0.25) is 0 Å². The zero-order chi connectivity index (χ0) is 17.3. The molecule has 0 unspecified atom stereocenters. The molecule has 1 fully saturated rings. The van der Waals surface area contributed by atoms with Crippen molar-refractivity contribution in [1.82, 2.24) is 9.88 Å². The van der Waals surface area contributed by atoms with Crippen LogP contribution >= 0.6 is 0 Å². The van der Waals surface area contributed by atoms with E-state index in [4.69, 9.17) is 10.2 Å². The molecular formula is C17H18FN3O3. The first-order valence-corrected chi connectivity index (χ1v) is 7.66. The van der Waals surface area contributed by atoms with Crippen LogP contribution in [0, 0.1) is 11.2 Å². The number of likely N-dealkylation sites (tertiary alicyclic amines) is 1. The number of carbonyl (C=O) groups excluding carboxylic acids is 2. The number of benzene rings is 1. The summed E-state index contributed by atoms with van der Waals surface area (Å²) in [6.07, 6.45) is 2.17. The fourth-order valence-corrected chi connectivity index (χ4v) is 2.67. The van der Waals surface area contributed by atoms with Crippen molar-refractivity contribution in [3.63, 3.8) is 0 Å². The first kappa shape index (κ1) is 16.2. The minimum atomic E-state index is -0.617. The van der Waals surface area contributed by atoms with Gasteiger partial charge in [-0.15, -0.1) is 0 Å². The lowest BCUT2D eigenvalue weighted by Crippen LogP contribution is -2.62. The lowest BCUT2D eigenvalue weighted by atomic mass is 9.81. The lowest BCUT2D eigenvalue weighted by molar-refractivity contribution is -0.150. The predicted molar refractivity (Wildman–Crippen MR) is 84.1 cm³/mol. The van der Waals surface area contributed by atoms with Crippen molar-refractivity contribution in [2.75, 3.05) is 13.1 Å². The highest BCUT2D eigenvalue weighted by molar-refractivity contribution is 5.86. The van der Waals surface area contributed by atoms with Gasteiger partial charge in [0, 0.05) is 31.5 Å². The molecule has 0 aliphatic carbocycles. The molecule has 126 valence electrons. The molecule has 1 aliphatic heterocycles. The number of amides is 2. The SMILES string of the molecule is CC1(C(N)=O)CN(C(=O)CCc2ncc(-c3ccc(F)cc3)o2)C1. The fourth-order valence-electron chi connectivity index (χ4n) is 2.67. The Balaban J connectivity index is 1.54. The van der Waals surface area contributed by atoms with Crippen molar-refractivity contribution in [1.29, 1.82) is 0 Å². The molecule has 1 aliphatic rings. The van der Waals surface area contributed by atoms with Crippen molar-refractivity contribution in [2.45, 2.75) is 19.8 Å². The Kier molecular flexibility index (Phi) is 4.09. The number of halogens is 1. The molecule has 24 heavy (non-hydrogen) atoms. The monoisotopic (exact) mass is 331 g/mol. The van der Waals surface area contributed by atoms with Crippen molar-refractivity contribution in [3.05, 3.63) is 42.2 Å². The summed E-state index contributed by atoms with van der Waals surface area (Å²) in [7, 11) is 0. The van der Waals surface area contributed by atoms with Crippen molar-refractivity contribution in [3.8, 4) is 11.3 Å². The Morgan fingerprint density at radius 2 is 2.00 bits per heavy atom. The highest BCUT2D eigenvalue weighted by Crippen LogP contribution is 2.30. The molecule has 2 aromatic rings. The van der Waals surface area contributed by atoms with Crippen LogP contribution in [-0.4, -0.2) is 34.8 Å². The van der Waals surface area contributed by atoms with Gasteiger partial charge in [-0.25, -0.2) is 9.37 Å². The van der Waals surface area contributed by atoms with Crippen molar-refractivity contribution in [2.24, 2.45) is 11.1 Å². The van der Waals surface area contributed by atoms with Gasteiger partial charge in [-0.3, -0.25) is 9.59 Å². The van der Waals surface area contributed by atoms with Gasteiger partial charge in [-0.05, 0) is 31.2 Å². The molecular weight excluding hydrogens is 313 g/mol. The molecule has 1 aromatic carbocycles. The normalized spacial score (nSPS) is 15.8. The number of rotatable bonds is 5. The second-order valence-corrected chi connectivity index (χ2v) is 6.30. The number of hydrogen-bond acceptors (Lipinski definition) is 4. The summed E-state index contributed by atoms with van der Waals surface area (Å²) in [5, 5.41) is 0. The molecule has 0 atom stereocenters. The summed E-state index contributed by atoms with van der Waals surface area (Å²) in [5.41, 5.74) is 5.41. The van der Waals surface area contributed by atoms with Gasteiger partial charge in [-0.1, -0.05) is 0 Å². The van der Waals surface area contributed by atoms with Crippen LogP contribution in [-0.2, 0) is 16.0 Å². The van der Waals surface area contributed by atoms with E-state index in [0.29, 0.717) is 31.2 Å². The van der Waals surface area contributed by atoms with E-state index in [1.54, 1.807) is 30.2 Å². The minimum Gasteiger partial charge on any atom is -0.441 e. The quantitative estimate of drug-likeness (QED) is 0.904. The topological polar surface area (TPSA) is 89.4 Å². The maximum atomic E-state index is 12.9. The molecule has 1 aromatic heterocycles. The number of oxazole rings is 1. The van der Waals surface area contributed by atoms with Gasteiger partial charge in [0.2, 0.25) is 11.8 Å². The second kappa shape index (κ2) is 6.07. The maximum absolute atomic E-state index is 12.9. The van der Waals surface area contributed by atoms with Gasteiger partial charge in [0.15, 0.2) is 11.7 Å². The van der Waals surface area contributed by atoms with E-state index >= 15 is 0 Å². The number of nitrogens with two attached hydrogens (primary N) is 1. The molecule has 0 saturated carbocycles. The summed E-state index contributed by atoms with van der Waals surface area (Å²) in [5.74, 6) is 0.212. The first-order chi connectivity index (χ1) is 11.4. The molecule has 2 amide bonds. The van der Waals surface area contributed by atoms with E-state index < -0.39 is 5.41 Å². The van der Waals surface area contributed by atoms with Crippen LogP contribution in [0.5, 0.6) is 0 Å². The fraction of sp³-hybridized carbons (Fsp3) is 0.353. The Bertz CT molecular complexity index is 764. The molecule has 0 radical (unpaired) electrons. The molecule has 7 heteroatoms. The lowest BCUT2D eigenvalue weighted by Gasteiger charge is -2.45. The van der Waals surface area contributed by atoms with E-state index in [2.05, 4.69) is 4.98 Å². The number of primary amides is 1. The largest absolute Gasteiger partial charge is 0.441 e. The molecule has 6 nitrogen and oxygen atoms in total. The third-order valence-corrected chi connectivity index (χ3v) is 4.26. The Labute approximate surface area is 138 Å². The van der Waals surface area contributed by atoms with Crippen LogP contribution in [0.1, 0.15) is 19.2 Å². The van der Waals surface area contributed by atoms with E-state index in [0.717, 1.165) is 5.56 Å². The van der Waals surface area contributed by atoms with Gasteiger partial charge in [0.1, 0.15) is 5.82 Å². The molecule has 0 bridgehead atoms. The van der Waals surface area contributed by atoms with Gasteiger partial charge in [-0.2, -0.15) is 0 Å². The number of aromatic nitrogens is 1. The molecule has 0 spiro atoms. The van der Waals surface area contributed by atoms with Crippen LogP contribution in [0.3, 0.4) is 0 Å². The van der Waals surface area contributed by atoms with Crippen molar-refractivity contribution >= 4 is 11.8 Å². The van der Waals surface area contributed by atoms with Gasteiger partial charge < -0.3 is 15.1 Å². The highest BCUT2D eigenvalue weighted by Gasteiger charge is 2.45. The third kappa shape index (κ3) is 3.15. The van der Waals surface area contributed by atoms with Crippen LogP contribution in [0.15, 0.2) is 34.9 Å². The molecule has 2 heterocycles. The van der Waals surface area contributed by atoms with Crippen LogP contribution in [0.4, 0.5) is 4.39 Å². The van der Waals surface area contributed by atoms with Crippen molar-refractivity contribution < 1.29 is 18.4 Å². The summed E-state index contributed by atoms with van der Waals surface area (Å²) >= 11 is 0. The average Bonchev–Trinajstić information content (AvgIpc) is 2.99. The number of aryl methyl sites for hydroxylation is 1. The van der Waals surface area contributed by atoms with Crippen LogP contribution in [0.25, 0.3) is 11.3 Å². The summed E-state index contributed by atoms with van der Waals surface area (Å²) in [6, 6.07) is 5.91. The number of nitrogens with zero attached hydrogens (tertiary/aromatic N) is 2. The smallest absolute Gasteiger partial charge is 0.226 e. The van der Waals surface area contributed by atoms with E-state index in [-0.39, 0.29) is 24.1 Å². The van der Waals surface area contributed by atoms with Gasteiger partial charge in [0.25, 0.3) is 0 Å². The Morgan fingerprint density at radius 3 is 2.62 bits per heavy atom. The first-order valence-electron chi connectivity index (χ1n) is 7.66. The summed E-state index contributed by atoms with van der Waals surface area (Å²) in [6.45, 7) is 2.46. The summed E-state index contributed by atoms with van der Waals surface area (Å²) < 4.78 is 18.5. The molecule has 1 saturated heterocycles.